The molecule has 7 nitrogen and oxygen atoms in total. The number of amides is 1. The summed E-state index contributed by atoms with van der Waals surface area (Å²) in [6.07, 6.45) is -1.13. The van der Waals surface area contributed by atoms with Crippen LogP contribution in [0, 0.1) is 27.6 Å². The predicted octanol–water partition coefficient (Wildman–Crippen LogP) is 2.43. The van der Waals surface area contributed by atoms with Gasteiger partial charge in [0.05, 0.1) is 17.9 Å². The number of rotatable bonds is 7. The van der Waals surface area contributed by atoms with Crippen molar-refractivity contribution in [3.05, 3.63) is 43.6 Å². The number of carbonyl (C=O) groups is 1. The molecule has 138 valence electrons. The Hall–Kier alpha value is -1.78. The van der Waals surface area contributed by atoms with Crippen molar-refractivity contribution in [2.24, 2.45) is 0 Å². The molecule has 2 aromatic rings. The molecule has 10 heteroatoms. The topological polar surface area (TPSA) is 115 Å². The van der Waals surface area contributed by atoms with E-state index in [1.807, 2.05) is 28.7 Å². The molecule has 0 bridgehead atoms. The fraction of sp³-hybridized carbons (Fsp3) is 0.250. The average Bonchev–Trinajstić information content (AvgIpc) is 2.92. The van der Waals surface area contributed by atoms with Crippen molar-refractivity contribution in [3.63, 3.8) is 0 Å². The van der Waals surface area contributed by atoms with E-state index in [1.54, 1.807) is 13.0 Å². The summed E-state index contributed by atoms with van der Waals surface area (Å²) < 4.78 is 14.8. The van der Waals surface area contributed by atoms with Crippen molar-refractivity contribution in [2.45, 2.75) is 13.0 Å². The first-order valence-electron chi connectivity index (χ1n) is 7.34. The van der Waals surface area contributed by atoms with Crippen molar-refractivity contribution in [3.8, 4) is 6.07 Å². The quantitative estimate of drug-likeness (QED) is 0.350. The first kappa shape index (κ1) is 20.5. The van der Waals surface area contributed by atoms with E-state index in [0.717, 1.165) is 14.9 Å². The third kappa shape index (κ3) is 4.89. The van der Waals surface area contributed by atoms with E-state index in [1.165, 1.54) is 12.1 Å². The number of nitrogens with one attached hydrogen (secondary N) is 2. The minimum Gasteiger partial charge on any atom is -0.394 e. The van der Waals surface area contributed by atoms with Gasteiger partial charge in [-0.15, -0.1) is 11.3 Å². The molecule has 4 N–H and O–H groups in total. The lowest BCUT2D eigenvalue weighted by Gasteiger charge is -2.11. The van der Waals surface area contributed by atoms with Crippen LogP contribution < -0.4 is 10.8 Å². The Morgan fingerprint density at radius 1 is 1.54 bits per heavy atom. The number of aliphatic hydroxyl groups is 2. The number of carbonyl (C=O) groups excluding carboxylic acids is 1. The van der Waals surface area contributed by atoms with Crippen LogP contribution in [-0.2, 0) is 4.84 Å². The van der Waals surface area contributed by atoms with Gasteiger partial charge in [0.2, 0.25) is 0 Å². The van der Waals surface area contributed by atoms with E-state index >= 15 is 0 Å². The van der Waals surface area contributed by atoms with Crippen LogP contribution in [-0.4, -0.2) is 35.4 Å². The highest BCUT2D eigenvalue weighted by atomic mass is 127. The maximum atomic E-state index is 14.1. The van der Waals surface area contributed by atoms with Crippen molar-refractivity contribution >= 4 is 50.5 Å². The minimum absolute atomic E-state index is 0.142. The molecule has 0 fully saturated rings. The summed E-state index contributed by atoms with van der Waals surface area (Å²) in [6.45, 7) is 0.790. The molecule has 1 aromatic heterocycles. The van der Waals surface area contributed by atoms with Crippen molar-refractivity contribution < 1.29 is 24.2 Å². The normalized spacial score (nSPS) is 11.7. The molecular weight excluding hydrogens is 476 g/mol. The van der Waals surface area contributed by atoms with Crippen LogP contribution in [0.4, 0.5) is 15.1 Å². The van der Waals surface area contributed by atoms with Gasteiger partial charge < -0.3 is 15.5 Å². The second kappa shape index (κ2) is 9.24. The van der Waals surface area contributed by atoms with Gasteiger partial charge in [-0.25, -0.2) is 9.87 Å². The van der Waals surface area contributed by atoms with Gasteiger partial charge >= 0.3 is 0 Å². The standard InChI is InChI=1S/C16H15FIN3O4S/c1-8-13(5-19)26-16(20-12-3-2-9(18)4-11(12)17)14(8)15(24)21-25-7-10(23)6-22/h2-4,10,20,22-23H,6-7H2,1H3,(H,21,24)/t10-/m1/s1. The summed E-state index contributed by atoms with van der Waals surface area (Å²) in [5, 5.41) is 30.3. The Morgan fingerprint density at radius 2 is 2.27 bits per heavy atom. The number of anilines is 2. The zero-order valence-electron chi connectivity index (χ0n) is 13.5. The lowest BCUT2D eigenvalue weighted by molar-refractivity contribution is -0.0295. The number of nitrogens with zero attached hydrogens (tertiary/aromatic N) is 1. The second-order valence-electron chi connectivity index (χ2n) is 5.20. The van der Waals surface area contributed by atoms with Gasteiger partial charge in [-0.05, 0) is 53.3 Å². The molecule has 0 unspecified atom stereocenters. The monoisotopic (exact) mass is 491 g/mol. The molecule has 0 aliphatic heterocycles. The number of aliphatic hydroxyl groups excluding tert-OH is 2. The van der Waals surface area contributed by atoms with Gasteiger partial charge in [-0.3, -0.25) is 9.63 Å². The summed E-state index contributed by atoms with van der Waals surface area (Å²) >= 11 is 3.00. The third-order valence-electron chi connectivity index (χ3n) is 3.31. The van der Waals surface area contributed by atoms with Gasteiger partial charge in [-0.2, -0.15) is 5.26 Å². The first-order valence-corrected chi connectivity index (χ1v) is 9.23. The molecule has 0 spiro atoms. The Morgan fingerprint density at radius 3 is 2.88 bits per heavy atom. The van der Waals surface area contributed by atoms with E-state index in [-0.39, 0.29) is 17.9 Å². The number of halogens is 2. The number of hydrogen-bond acceptors (Lipinski definition) is 7. The maximum Gasteiger partial charge on any atom is 0.278 e. The summed E-state index contributed by atoms with van der Waals surface area (Å²) in [5.41, 5.74) is 2.88. The number of benzene rings is 1. The second-order valence-corrected chi connectivity index (χ2v) is 7.47. The fourth-order valence-corrected chi connectivity index (χ4v) is 3.47. The maximum absolute atomic E-state index is 14.1. The summed E-state index contributed by atoms with van der Waals surface area (Å²) in [5.74, 6) is -1.14. The minimum atomic E-state index is -1.13. The first-order chi connectivity index (χ1) is 12.4. The van der Waals surface area contributed by atoms with Gasteiger partial charge in [0.1, 0.15) is 34.5 Å². The average molecular weight is 491 g/mol. The molecule has 1 atom stereocenters. The molecule has 0 radical (unpaired) electrons. The largest absolute Gasteiger partial charge is 0.394 e. The van der Waals surface area contributed by atoms with Gasteiger partial charge in [-0.1, -0.05) is 0 Å². The van der Waals surface area contributed by atoms with Gasteiger partial charge in [0, 0.05) is 3.57 Å². The number of nitriles is 1. The Bertz CT molecular complexity index is 853. The highest BCUT2D eigenvalue weighted by molar-refractivity contribution is 14.1. The molecule has 1 amide bonds. The fourth-order valence-electron chi connectivity index (χ4n) is 2.00. The van der Waals surface area contributed by atoms with E-state index in [4.69, 9.17) is 9.94 Å². The molecular formula is C16H15FIN3O4S. The lowest BCUT2D eigenvalue weighted by atomic mass is 10.1. The highest BCUT2D eigenvalue weighted by Crippen LogP contribution is 2.35. The highest BCUT2D eigenvalue weighted by Gasteiger charge is 2.22. The molecule has 1 aromatic carbocycles. The molecule has 1 heterocycles. The van der Waals surface area contributed by atoms with Crippen molar-refractivity contribution in [1.82, 2.24) is 5.48 Å². The number of hydrogen-bond donors (Lipinski definition) is 4. The Labute approximate surface area is 166 Å². The molecule has 0 aliphatic carbocycles. The van der Waals surface area contributed by atoms with Gasteiger partial charge in [0.15, 0.2) is 0 Å². The zero-order chi connectivity index (χ0) is 19.3. The van der Waals surface area contributed by atoms with Crippen LogP contribution >= 0.6 is 33.9 Å². The Kier molecular flexibility index (Phi) is 7.30. The summed E-state index contributed by atoms with van der Waals surface area (Å²) in [7, 11) is 0. The van der Waals surface area contributed by atoms with Crippen molar-refractivity contribution in [1.29, 1.82) is 5.26 Å². The summed E-state index contributed by atoms with van der Waals surface area (Å²) in [4.78, 5) is 17.6. The van der Waals surface area contributed by atoms with Crippen LogP contribution in [0.1, 0.15) is 20.8 Å². The van der Waals surface area contributed by atoms with Crippen LogP contribution in [0.2, 0.25) is 0 Å². The van der Waals surface area contributed by atoms with E-state index in [0.29, 0.717) is 15.4 Å². The summed E-state index contributed by atoms with van der Waals surface area (Å²) in [6, 6.07) is 6.58. The number of hydroxylamine groups is 1. The van der Waals surface area contributed by atoms with Crippen LogP contribution in [0.15, 0.2) is 18.2 Å². The SMILES string of the molecule is Cc1c(C#N)sc(Nc2ccc(I)cc2F)c1C(=O)NOC[C@H](O)CO. The number of thiophene rings is 1. The van der Waals surface area contributed by atoms with E-state index < -0.39 is 24.4 Å². The smallest absolute Gasteiger partial charge is 0.278 e. The lowest BCUT2D eigenvalue weighted by Crippen LogP contribution is -2.30. The van der Waals surface area contributed by atoms with E-state index in [2.05, 4.69) is 10.8 Å². The van der Waals surface area contributed by atoms with Crippen LogP contribution in [0.25, 0.3) is 0 Å². The third-order valence-corrected chi connectivity index (χ3v) is 5.09. The van der Waals surface area contributed by atoms with Crippen LogP contribution in [0.5, 0.6) is 0 Å². The van der Waals surface area contributed by atoms with Crippen LogP contribution in [0.3, 0.4) is 0 Å². The Balaban J connectivity index is 2.26. The molecule has 26 heavy (non-hydrogen) atoms. The predicted molar refractivity (Wildman–Crippen MR) is 103 cm³/mol. The van der Waals surface area contributed by atoms with E-state index in [9.17, 15) is 19.6 Å². The van der Waals surface area contributed by atoms with Crippen molar-refractivity contribution in [2.75, 3.05) is 18.5 Å². The van der Waals surface area contributed by atoms with Gasteiger partial charge in [0.25, 0.3) is 5.91 Å². The molecule has 0 saturated carbocycles. The molecule has 0 aliphatic rings. The molecule has 0 saturated heterocycles. The molecule has 2 rings (SSSR count). The zero-order valence-corrected chi connectivity index (χ0v) is 16.5.